The summed E-state index contributed by atoms with van der Waals surface area (Å²) in [5.74, 6) is -3.65. The fourth-order valence-electron chi connectivity index (χ4n) is 7.29. The maximum absolute atomic E-state index is 14.2. The molecule has 1 unspecified atom stereocenters. The summed E-state index contributed by atoms with van der Waals surface area (Å²) in [6, 6.07) is 0. The molecule has 0 bridgehead atoms. The number of epoxide rings is 1. The molecule has 38 heavy (non-hydrogen) atoms. The Bertz CT molecular complexity index is 1060. The molecule has 4 rings (SSSR count). The molecule has 1 N–H and O–H groups in total. The molecule has 3 aliphatic carbocycles. The quantitative estimate of drug-likeness (QED) is 0.245. The Morgan fingerprint density at radius 2 is 1.66 bits per heavy atom. The fourth-order valence-corrected chi connectivity index (χ4v) is 7.29. The summed E-state index contributed by atoms with van der Waals surface area (Å²) in [4.78, 5) is 51.4. The zero-order chi connectivity index (χ0) is 28.5. The monoisotopic (exact) mass is 534 g/mol. The number of hydrogen-bond donors (Lipinski definition) is 1. The zero-order valence-electron chi connectivity index (χ0n) is 23.9. The lowest BCUT2D eigenvalue weighted by Gasteiger charge is -2.29. The van der Waals surface area contributed by atoms with Crippen LogP contribution in [-0.4, -0.2) is 64.4 Å². The van der Waals surface area contributed by atoms with Gasteiger partial charge in [0.25, 0.3) is 0 Å². The summed E-state index contributed by atoms with van der Waals surface area (Å²) >= 11 is 0. The van der Waals surface area contributed by atoms with Gasteiger partial charge in [-0.1, -0.05) is 41.5 Å². The molecule has 9 nitrogen and oxygen atoms in total. The van der Waals surface area contributed by atoms with Crippen molar-refractivity contribution < 1.29 is 43.2 Å². The molecule has 1 saturated heterocycles. The van der Waals surface area contributed by atoms with Gasteiger partial charge in [0.1, 0.15) is 24.4 Å². The molecule has 4 aliphatic rings. The predicted octanol–water partition coefficient (Wildman–Crippen LogP) is 3.15. The standard InChI is InChI=1S/C29H42O9/c1-10-13(2)26(34)37-23-20-19(27(20,8)9)22(35-17(6)30)16(5)24(33)28-12-15(4)25(36-18(7)31)29(28,38-28)11-14(3)21(23)32/h11,13,15-16,19-23,25,32H,10,12H2,1-9H3/b14-11+/t13?,15-,16+,19-,20+,21+,22-,23+,25-,28-,29-/m0/s1. The van der Waals surface area contributed by atoms with Crippen LogP contribution in [0.1, 0.15) is 75.2 Å². The van der Waals surface area contributed by atoms with E-state index in [0.717, 1.165) is 0 Å². The number of carbonyl (C=O) groups excluding carboxylic acids is 4. The number of aliphatic hydroxyl groups is 1. The van der Waals surface area contributed by atoms with Crippen LogP contribution in [0.5, 0.6) is 0 Å². The summed E-state index contributed by atoms with van der Waals surface area (Å²) < 4.78 is 23.7. The van der Waals surface area contributed by atoms with Gasteiger partial charge < -0.3 is 24.1 Å². The van der Waals surface area contributed by atoms with E-state index in [1.807, 2.05) is 27.7 Å². The number of ether oxygens (including phenoxy) is 4. The molecule has 0 radical (unpaired) electrons. The highest BCUT2D eigenvalue weighted by Crippen LogP contribution is 2.68. The molecule has 212 valence electrons. The van der Waals surface area contributed by atoms with Crippen LogP contribution in [0.4, 0.5) is 0 Å². The number of ketones is 1. The molecule has 0 aromatic rings. The SMILES string of the molecule is CCC(C)C(=O)O[C@@H]1[C@H]2[C@@H]([C@@H](OC(C)=O)[C@@H](C)C(=O)[C@@]34C[C@H](C)[C@H](OC(C)=O)[C@]3(/C=C(\C)[C@H]1O)O4)C2(C)C. The molecule has 11 atom stereocenters. The van der Waals surface area contributed by atoms with Crippen LogP contribution >= 0.6 is 0 Å². The van der Waals surface area contributed by atoms with Gasteiger partial charge in [-0.05, 0) is 42.7 Å². The largest absolute Gasteiger partial charge is 0.461 e. The van der Waals surface area contributed by atoms with E-state index < -0.39 is 64.9 Å². The van der Waals surface area contributed by atoms with Gasteiger partial charge in [0.15, 0.2) is 17.0 Å². The van der Waals surface area contributed by atoms with E-state index in [1.165, 1.54) is 13.8 Å². The van der Waals surface area contributed by atoms with Crippen LogP contribution < -0.4 is 0 Å². The van der Waals surface area contributed by atoms with Gasteiger partial charge in [-0.15, -0.1) is 0 Å². The van der Waals surface area contributed by atoms with Crippen molar-refractivity contribution in [3.05, 3.63) is 11.6 Å². The third-order valence-corrected chi connectivity index (χ3v) is 9.57. The molecule has 1 heterocycles. The van der Waals surface area contributed by atoms with Crippen molar-refractivity contribution >= 4 is 23.7 Å². The average molecular weight is 535 g/mol. The Labute approximate surface area is 224 Å². The highest BCUT2D eigenvalue weighted by Gasteiger charge is 2.84. The van der Waals surface area contributed by atoms with E-state index in [4.69, 9.17) is 18.9 Å². The van der Waals surface area contributed by atoms with Crippen molar-refractivity contribution in [1.82, 2.24) is 0 Å². The van der Waals surface area contributed by atoms with E-state index in [-0.39, 0.29) is 29.5 Å². The summed E-state index contributed by atoms with van der Waals surface area (Å²) in [5.41, 5.74) is -2.55. The molecular formula is C29H42O9. The topological polar surface area (TPSA) is 129 Å². The maximum Gasteiger partial charge on any atom is 0.309 e. The second-order valence-electron chi connectivity index (χ2n) is 12.6. The van der Waals surface area contributed by atoms with Crippen LogP contribution in [-0.2, 0) is 38.1 Å². The fraction of sp³-hybridized carbons (Fsp3) is 0.793. The molecule has 2 saturated carbocycles. The van der Waals surface area contributed by atoms with Crippen molar-refractivity contribution in [3.8, 4) is 0 Å². The number of fused-ring (bicyclic) bond motifs is 1. The zero-order valence-corrected chi connectivity index (χ0v) is 23.9. The third-order valence-electron chi connectivity index (χ3n) is 9.57. The first-order valence-corrected chi connectivity index (χ1v) is 13.7. The van der Waals surface area contributed by atoms with Crippen molar-refractivity contribution in [2.45, 2.75) is 111 Å². The van der Waals surface area contributed by atoms with Gasteiger partial charge >= 0.3 is 17.9 Å². The Morgan fingerprint density at radius 3 is 2.21 bits per heavy atom. The van der Waals surface area contributed by atoms with Crippen LogP contribution in [0.3, 0.4) is 0 Å². The normalized spacial score (nSPS) is 45.1. The molecule has 0 amide bonds. The van der Waals surface area contributed by atoms with Crippen LogP contribution in [0.25, 0.3) is 0 Å². The molecule has 0 aromatic heterocycles. The maximum atomic E-state index is 14.2. The first-order valence-electron chi connectivity index (χ1n) is 13.7. The first-order chi connectivity index (χ1) is 17.6. The lowest BCUT2D eigenvalue weighted by Crippen LogP contribution is -2.43. The lowest BCUT2D eigenvalue weighted by atomic mass is 9.80. The second kappa shape index (κ2) is 9.44. The highest BCUT2D eigenvalue weighted by molar-refractivity contribution is 5.96. The third kappa shape index (κ3) is 4.21. The highest BCUT2D eigenvalue weighted by atomic mass is 16.7. The minimum Gasteiger partial charge on any atom is -0.461 e. The number of rotatable bonds is 5. The summed E-state index contributed by atoms with van der Waals surface area (Å²) in [7, 11) is 0. The molecule has 1 aliphatic heterocycles. The van der Waals surface area contributed by atoms with E-state index >= 15 is 0 Å². The molecule has 0 spiro atoms. The van der Waals surface area contributed by atoms with E-state index in [2.05, 4.69) is 0 Å². The Kier molecular flexibility index (Phi) is 7.14. The van der Waals surface area contributed by atoms with Gasteiger partial charge in [-0.3, -0.25) is 19.2 Å². The van der Waals surface area contributed by atoms with Crippen molar-refractivity contribution in [1.29, 1.82) is 0 Å². The van der Waals surface area contributed by atoms with E-state index in [1.54, 1.807) is 26.8 Å². The first kappa shape index (κ1) is 28.7. The number of aliphatic hydroxyl groups excluding tert-OH is 1. The van der Waals surface area contributed by atoms with Gasteiger partial charge in [0, 0.05) is 25.7 Å². The number of carbonyl (C=O) groups is 4. The molecule has 3 fully saturated rings. The molecule has 9 heteroatoms. The number of esters is 3. The molecule has 0 aromatic carbocycles. The average Bonchev–Trinajstić information content (AvgIpc) is 3.62. The van der Waals surface area contributed by atoms with Crippen molar-refractivity contribution in [3.63, 3.8) is 0 Å². The van der Waals surface area contributed by atoms with E-state index in [0.29, 0.717) is 18.4 Å². The van der Waals surface area contributed by atoms with Gasteiger partial charge in [0.2, 0.25) is 0 Å². The number of hydrogen-bond acceptors (Lipinski definition) is 9. The van der Waals surface area contributed by atoms with E-state index in [9.17, 15) is 24.3 Å². The van der Waals surface area contributed by atoms with Crippen LogP contribution in [0, 0.1) is 35.0 Å². The summed E-state index contributed by atoms with van der Waals surface area (Å²) in [5, 5.41) is 11.7. The Balaban J connectivity index is 1.86. The smallest absolute Gasteiger partial charge is 0.309 e. The number of Topliss-reactive ketones (excluding diaryl/α,β-unsaturated/α-hetero) is 1. The van der Waals surface area contributed by atoms with Gasteiger partial charge in [0.05, 0.1) is 11.8 Å². The minimum absolute atomic E-state index is 0.191. The second-order valence-corrected chi connectivity index (χ2v) is 12.6. The van der Waals surface area contributed by atoms with Crippen LogP contribution in [0.2, 0.25) is 0 Å². The Morgan fingerprint density at radius 1 is 1.08 bits per heavy atom. The van der Waals surface area contributed by atoms with Crippen LogP contribution in [0.15, 0.2) is 11.6 Å². The Hall–Kier alpha value is -2.26. The van der Waals surface area contributed by atoms with Gasteiger partial charge in [-0.25, -0.2) is 0 Å². The summed E-state index contributed by atoms with van der Waals surface area (Å²) in [6.45, 7) is 15.6. The van der Waals surface area contributed by atoms with Crippen molar-refractivity contribution in [2.75, 3.05) is 0 Å². The summed E-state index contributed by atoms with van der Waals surface area (Å²) in [6.07, 6.45) is -1.08. The predicted molar refractivity (Wildman–Crippen MR) is 135 cm³/mol. The lowest BCUT2D eigenvalue weighted by molar-refractivity contribution is -0.163. The van der Waals surface area contributed by atoms with Gasteiger partial charge in [-0.2, -0.15) is 0 Å². The minimum atomic E-state index is -1.27. The molecular weight excluding hydrogens is 492 g/mol. The van der Waals surface area contributed by atoms with Crippen molar-refractivity contribution in [2.24, 2.45) is 35.0 Å².